The normalized spacial score (nSPS) is 14.5. The Bertz CT molecular complexity index is 1010. The standard InChI is InChI=1S/C20H15BrClFN2O4/c1-24-18(26)13(19(27)25(2)20(24)28)9-11-8-12(21)6-7-17(11)29-10-14-15(22)4-3-5-16(14)23/h3-9H,10H2,1-2H3. The Labute approximate surface area is 179 Å². The van der Waals surface area contributed by atoms with E-state index < -0.39 is 23.7 Å². The quantitative estimate of drug-likeness (QED) is 0.484. The van der Waals surface area contributed by atoms with Gasteiger partial charge in [-0.1, -0.05) is 33.6 Å². The number of hydrogen-bond acceptors (Lipinski definition) is 4. The van der Waals surface area contributed by atoms with Crippen LogP contribution in [0.2, 0.25) is 5.02 Å². The highest BCUT2D eigenvalue weighted by Crippen LogP contribution is 2.29. The van der Waals surface area contributed by atoms with Gasteiger partial charge < -0.3 is 4.74 Å². The van der Waals surface area contributed by atoms with Crippen molar-refractivity contribution in [2.24, 2.45) is 0 Å². The number of benzene rings is 2. The largest absolute Gasteiger partial charge is 0.488 e. The number of carbonyl (C=O) groups is 3. The topological polar surface area (TPSA) is 66.9 Å². The summed E-state index contributed by atoms with van der Waals surface area (Å²) in [5.74, 6) is -1.64. The van der Waals surface area contributed by atoms with Crippen molar-refractivity contribution in [1.29, 1.82) is 0 Å². The van der Waals surface area contributed by atoms with Gasteiger partial charge in [0.25, 0.3) is 11.8 Å². The fourth-order valence-corrected chi connectivity index (χ4v) is 3.31. The van der Waals surface area contributed by atoms with Gasteiger partial charge in [-0.25, -0.2) is 9.18 Å². The first kappa shape index (κ1) is 21.0. The fourth-order valence-electron chi connectivity index (χ4n) is 2.71. The SMILES string of the molecule is CN1C(=O)C(=Cc2cc(Br)ccc2OCc2c(F)cccc2Cl)C(=O)N(C)C1=O. The highest BCUT2D eigenvalue weighted by Gasteiger charge is 2.37. The predicted molar refractivity (Wildman–Crippen MR) is 109 cm³/mol. The molecule has 0 aliphatic carbocycles. The Balaban J connectivity index is 1.97. The Hall–Kier alpha value is -2.71. The first-order valence-corrected chi connectivity index (χ1v) is 9.54. The lowest BCUT2D eigenvalue weighted by Gasteiger charge is -2.29. The van der Waals surface area contributed by atoms with Crippen LogP contribution in [0.4, 0.5) is 9.18 Å². The van der Waals surface area contributed by atoms with Crippen molar-refractivity contribution in [3.8, 4) is 5.75 Å². The molecule has 1 aliphatic heterocycles. The van der Waals surface area contributed by atoms with E-state index in [1.165, 1.54) is 32.3 Å². The van der Waals surface area contributed by atoms with Crippen molar-refractivity contribution in [1.82, 2.24) is 9.80 Å². The molecule has 9 heteroatoms. The van der Waals surface area contributed by atoms with Gasteiger partial charge in [-0.05, 0) is 36.4 Å². The molecule has 6 nitrogen and oxygen atoms in total. The van der Waals surface area contributed by atoms with Crippen LogP contribution in [0.25, 0.3) is 6.08 Å². The second kappa shape index (κ2) is 8.34. The van der Waals surface area contributed by atoms with E-state index in [1.54, 1.807) is 24.3 Å². The van der Waals surface area contributed by atoms with Gasteiger partial charge in [0, 0.05) is 29.7 Å². The van der Waals surface area contributed by atoms with Gasteiger partial charge in [0.2, 0.25) is 0 Å². The third-order valence-corrected chi connectivity index (χ3v) is 5.20. The molecule has 4 amide bonds. The molecule has 0 atom stereocenters. The van der Waals surface area contributed by atoms with Crippen molar-refractivity contribution < 1.29 is 23.5 Å². The van der Waals surface area contributed by atoms with Gasteiger partial charge in [-0.15, -0.1) is 0 Å². The molecule has 0 bridgehead atoms. The molecule has 1 saturated heterocycles. The van der Waals surface area contributed by atoms with E-state index in [1.807, 2.05) is 0 Å². The third-order valence-electron chi connectivity index (χ3n) is 4.35. The lowest BCUT2D eigenvalue weighted by molar-refractivity contribution is -0.134. The minimum atomic E-state index is -0.721. The zero-order chi connectivity index (χ0) is 21.3. The minimum Gasteiger partial charge on any atom is -0.488 e. The molecule has 0 radical (unpaired) electrons. The van der Waals surface area contributed by atoms with Crippen LogP contribution in [0, 0.1) is 5.82 Å². The molecule has 150 valence electrons. The summed E-state index contributed by atoms with van der Waals surface area (Å²) in [6.45, 7) is -0.149. The molecule has 0 unspecified atom stereocenters. The van der Waals surface area contributed by atoms with Crippen LogP contribution in [0.5, 0.6) is 5.75 Å². The number of imide groups is 2. The summed E-state index contributed by atoms with van der Waals surface area (Å²) in [6.07, 6.45) is 1.34. The Morgan fingerprint density at radius 2 is 1.76 bits per heavy atom. The number of amides is 4. The van der Waals surface area contributed by atoms with E-state index in [0.717, 1.165) is 9.80 Å². The van der Waals surface area contributed by atoms with Crippen molar-refractivity contribution in [3.63, 3.8) is 0 Å². The first-order chi connectivity index (χ1) is 13.7. The number of nitrogens with zero attached hydrogens (tertiary/aromatic N) is 2. The maximum absolute atomic E-state index is 14.0. The summed E-state index contributed by atoms with van der Waals surface area (Å²) in [4.78, 5) is 38.5. The van der Waals surface area contributed by atoms with Crippen LogP contribution < -0.4 is 4.74 Å². The van der Waals surface area contributed by atoms with Crippen molar-refractivity contribution in [2.75, 3.05) is 14.1 Å². The van der Waals surface area contributed by atoms with Crippen LogP contribution in [-0.2, 0) is 16.2 Å². The lowest BCUT2D eigenvalue weighted by atomic mass is 10.1. The minimum absolute atomic E-state index is 0.149. The molecule has 1 aliphatic rings. The maximum atomic E-state index is 14.0. The number of halogens is 3. The zero-order valence-corrected chi connectivity index (χ0v) is 17.8. The molecule has 0 N–H and O–H groups in total. The van der Waals surface area contributed by atoms with E-state index in [4.69, 9.17) is 16.3 Å². The summed E-state index contributed by atoms with van der Waals surface area (Å²) < 4.78 is 20.4. The Kier molecular flexibility index (Phi) is 6.04. The van der Waals surface area contributed by atoms with Gasteiger partial charge in [0.05, 0.1) is 5.02 Å². The number of urea groups is 1. The fraction of sp³-hybridized carbons (Fsp3) is 0.150. The molecular weight excluding hydrogens is 467 g/mol. The van der Waals surface area contributed by atoms with Gasteiger partial charge in [0.1, 0.15) is 23.7 Å². The molecule has 1 fully saturated rings. The number of likely N-dealkylation sites (N-methyl/N-ethyl adjacent to an activating group) is 2. The van der Waals surface area contributed by atoms with E-state index in [2.05, 4.69) is 15.9 Å². The highest BCUT2D eigenvalue weighted by atomic mass is 79.9. The van der Waals surface area contributed by atoms with Crippen LogP contribution in [0.15, 0.2) is 46.4 Å². The average molecular weight is 482 g/mol. The van der Waals surface area contributed by atoms with Crippen LogP contribution in [0.3, 0.4) is 0 Å². The van der Waals surface area contributed by atoms with E-state index >= 15 is 0 Å². The molecule has 0 aromatic heterocycles. The summed E-state index contributed by atoms with van der Waals surface area (Å²) in [5, 5.41) is 0.224. The van der Waals surface area contributed by atoms with Crippen LogP contribution in [0.1, 0.15) is 11.1 Å². The summed E-state index contributed by atoms with van der Waals surface area (Å²) in [5.41, 5.74) is 0.395. The second-order valence-corrected chi connectivity index (χ2v) is 7.56. The Morgan fingerprint density at radius 1 is 1.10 bits per heavy atom. The number of ether oxygens (including phenoxy) is 1. The van der Waals surface area contributed by atoms with Crippen molar-refractivity contribution in [3.05, 3.63) is 68.4 Å². The van der Waals surface area contributed by atoms with Crippen LogP contribution >= 0.6 is 27.5 Å². The second-order valence-electron chi connectivity index (χ2n) is 6.24. The third kappa shape index (κ3) is 4.18. The van der Waals surface area contributed by atoms with Crippen LogP contribution in [-0.4, -0.2) is 41.7 Å². The zero-order valence-electron chi connectivity index (χ0n) is 15.4. The predicted octanol–water partition coefficient (Wildman–Crippen LogP) is 4.25. The highest BCUT2D eigenvalue weighted by molar-refractivity contribution is 9.10. The van der Waals surface area contributed by atoms with Gasteiger partial charge in [0.15, 0.2) is 0 Å². The lowest BCUT2D eigenvalue weighted by Crippen LogP contribution is -2.52. The maximum Gasteiger partial charge on any atom is 0.333 e. The number of rotatable bonds is 4. The average Bonchev–Trinajstić information content (AvgIpc) is 2.69. The molecule has 1 heterocycles. The van der Waals surface area contributed by atoms with E-state index in [9.17, 15) is 18.8 Å². The monoisotopic (exact) mass is 480 g/mol. The molecular formula is C20H15BrClFN2O4. The number of barbiturate groups is 1. The molecule has 3 rings (SSSR count). The molecule has 2 aromatic carbocycles. The summed E-state index contributed by atoms with van der Waals surface area (Å²) >= 11 is 9.36. The van der Waals surface area contributed by atoms with Gasteiger partial charge in [-0.3, -0.25) is 19.4 Å². The number of hydrogen-bond donors (Lipinski definition) is 0. The summed E-state index contributed by atoms with van der Waals surface area (Å²) in [6, 6.07) is 8.56. The summed E-state index contributed by atoms with van der Waals surface area (Å²) in [7, 11) is 2.58. The Morgan fingerprint density at radius 3 is 2.38 bits per heavy atom. The molecule has 0 saturated carbocycles. The van der Waals surface area contributed by atoms with Crippen molar-refractivity contribution in [2.45, 2.75) is 6.61 Å². The first-order valence-electron chi connectivity index (χ1n) is 8.37. The van der Waals surface area contributed by atoms with E-state index in [-0.39, 0.29) is 22.8 Å². The molecule has 29 heavy (non-hydrogen) atoms. The van der Waals surface area contributed by atoms with E-state index in [0.29, 0.717) is 15.8 Å². The van der Waals surface area contributed by atoms with Gasteiger partial charge in [-0.2, -0.15) is 0 Å². The smallest absolute Gasteiger partial charge is 0.333 e. The van der Waals surface area contributed by atoms with Gasteiger partial charge >= 0.3 is 6.03 Å². The molecule has 0 spiro atoms. The molecule has 2 aromatic rings. The van der Waals surface area contributed by atoms with Crippen molar-refractivity contribution >= 4 is 51.5 Å². The number of carbonyl (C=O) groups excluding carboxylic acids is 3.